The van der Waals surface area contributed by atoms with E-state index in [0.29, 0.717) is 0 Å². The van der Waals surface area contributed by atoms with E-state index >= 15 is 0 Å². The Hall–Kier alpha value is -2.67. The van der Waals surface area contributed by atoms with E-state index in [1.807, 2.05) is 6.20 Å². The van der Waals surface area contributed by atoms with Crippen LogP contribution in [0.3, 0.4) is 0 Å². The summed E-state index contributed by atoms with van der Waals surface area (Å²) in [6.45, 7) is 6.41. The Labute approximate surface area is 136 Å². The molecule has 1 heterocycles. The Morgan fingerprint density at radius 2 is 1.35 bits per heavy atom. The van der Waals surface area contributed by atoms with Gasteiger partial charge in [0.15, 0.2) is 0 Å². The third-order valence-electron chi connectivity index (χ3n) is 4.41. The van der Waals surface area contributed by atoms with Gasteiger partial charge in [-0.05, 0) is 55.1 Å². The second kappa shape index (κ2) is 5.20. The molecule has 0 saturated carbocycles. The summed E-state index contributed by atoms with van der Waals surface area (Å²) in [5.74, 6) is 0. The lowest BCUT2D eigenvalue weighted by Crippen LogP contribution is -1.89. The van der Waals surface area contributed by atoms with Crippen LogP contribution in [0.15, 0.2) is 60.8 Å². The molecule has 0 amide bonds. The minimum atomic E-state index is 1.07. The van der Waals surface area contributed by atoms with Gasteiger partial charge in [-0.15, -0.1) is 0 Å². The fourth-order valence-electron chi connectivity index (χ4n) is 3.46. The predicted molar refractivity (Wildman–Crippen MR) is 98.9 cm³/mol. The second-order valence-electron chi connectivity index (χ2n) is 6.42. The van der Waals surface area contributed by atoms with E-state index in [9.17, 15) is 0 Å². The molecule has 4 aromatic rings. The number of fused-ring (bicyclic) bond motifs is 3. The summed E-state index contributed by atoms with van der Waals surface area (Å²) in [5.41, 5.74) is 6.10. The summed E-state index contributed by atoms with van der Waals surface area (Å²) in [6.07, 6.45) is 1.93. The summed E-state index contributed by atoms with van der Waals surface area (Å²) in [5, 5.41) is 5.07. The molecule has 0 atom stereocenters. The van der Waals surface area contributed by atoms with Gasteiger partial charge in [-0.1, -0.05) is 53.1 Å². The van der Waals surface area contributed by atoms with E-state index in [1.54, 1.807) is 0 Å². The average molecular weight is 297 g/mol. The number of nitrogens with zero attached hydrogens (tertiary/aromatic N) is 1. The molecule has 0 radical (unpaired) electrons. The van der Waals surface area contributed by atoms with Crippen molar-refractivity contribution < 1.29 is 0 Å². The molecule has 1 heteroatoms. The van der Waals surface area contributed by atoms with Crippen LogP contribution in [-0.2, 0) is 0 Å². The van der Waals surface area contributed by atoms with Crippen LogP contribution < -0.4 is 0 Å². The van der Waals surface area contributed by atoms with Gasteiger partial charge in [0.25, 0.3) is 0 Å². The molecule has 1 aromatic heterocycles. The standard InChI is InChI=1S/C22H19N/c1-14-4-6-19-17(11-14)5-7-21-20(19)8-9-23-22(21)18-12-15(2)10-16(3)13-18/h4-13H,1-3H3. The zero-order valence-corrected chi connectivity index (χ0v) is 13.7. The molecule has 0 aliphatic rings. The average Bonchev–Trinajstić information content (AvgIpc) is 2.52. The van der Waals surface area contributed by atoms with Gasteiger partial charge in [-0.25, -0.2) is 0 Å². The maximum absolute atomic E-state index is 4.68. The zero-order valence-electron chi connectivity index (χ0n) is 13.7. The van der Waals surface area contributed by atoms with Crippen LogP contribution in [-0.4, -0.2) is 4.98 Å². The zero-order chi connectivity index (χ0) is 16.0. The molecule has 23 heavy (non-hydrogen) atoms. The van der Waals surface area contributed by atoms with Crippen molar-refractivity contribution >= 4 is 21.5 Å². The Morgan fingerprint density at radius 1 is 0.609 bits per heavy atom. The fourth-order valence-corrected chi connectivity index (χ4v) is 3.46. The lowest BCUT2D eigenvalue weighted by Gasteiger charge is -2.10. The van der Waals surface area contributed by atoms with Crippen LogP contribution in [0.25, 0.3) is 32.8 Å². The molecule has 0 N–H and O–H groups in total. The molecular formula is C22H19N. The van der Waals surface area contributed by atoms with Crippen molar-refractivity contribution in [2.45, 2.75) is 20.8 Å². The van der Waals surface area contributed by atoms with Gasteiger partial charge in [-0.3, -0.25) is 4.98 Å². The molecular weight excluding hydrogens is 278 g/mol. The summed E-state index contributed by atoms with van der Waals surface area (Å²) in [7, 11) is 0. The highest BCUT2D eigenvalue weighted by molar-refractivity contribution is 6.11. The van der Waals surface area contributed by atoms with Gasteiger partial charge < -0.3 is 0 Å². The molecule has 0 aliphatic carbocycles. The molecule has 0 saturated heterocycles. The predicted octanol–water partition coefficient (Wildman–Crippen LogP) is 5.98. The van der Waals surface area contributed by atoms with Gasteiger partial charge >= 0.3 is 0 Å². The van der Waals surface area contributed by atoms with E-state index in [1.165, 1.54) is 43.8 Å². The van der Waals surface area contributed by atoms with Crippen molar-refractivity contribution in [1.29, 1.82) is 0 Å². The number of hydrogen-bond donors (Lipinski definition) is 0. The number of benzene rings is 3. The van der Waals surface area contributed by atoms with Gasteiger partial charge in [0.05, 0.1) is 5.69 Å². The minimum absolute atomic E-state index is 1.07. The van der Waals surface area contributed by atoms with Crippen molar-refractivity contribution in [3.05, 3.63) is 77.5 Å². The van der Waals surface area contributed by atoms with Crippen LogP contribution in [0.2, 0.25) is 0 Å². The van der Waals surface area contributed by atoms with E-state index in [0.717, 1.165) is 5.69 Å². The van der Waals surface area contributed by atoms with Gasteiger partial charge in [0, 0.05) is 17.1 Å². The Balaban J connectivity index is 2.07. The summed E-state index contributed by atoms with van der Waals surface area (Å²) < 4.78 is 0. The lowest BCUT2D eigenvalue weighted by atomic mass is 9.96. The molecule has 0 aliphatic heterocycles. The first-order valence-electron chi connectivity index (χ1n) is 7.98. The number of pyridine rings is 1. The minimum Gasteiger partial charge on any atom is -0.256 e. The SMILES string of the molecule is Cc1cc(C)cc(-c2nccc3c2ccc2cc(C)ccc23)c1. The topological polar surface area (TPSA) is 12.9 Å². The molecule has 0 bridgehead atoms. The smallest absolute Gasteiger partial charge is 0.0780 e. The maximum atomic E-state index is 4.68. The second-order valence-corrected chi connectivity index (χ2v) is 6.42. The molecule has 0 unspecified atom stereocenters. The molecule has 0 spiro atoms. The summed E-state index contributed by atoms with van der Waals surface area (Å²) in [6, 6.07) is 19.8. The van der Waals surface area contributed by atoms with Crippen LogP contribution >= 0.6 is 0 Å². The van der Waals surface area contributed by atoms with Gasteiger partial charge in [0.2, 0.25) is 0 Å². The lowest BCUT2D eigenvalue weighted by molar-refractivity contribution is 1.33. The van der Waals surface area contributed by atoms with Crippen molar-refractivity contribution in [2.24, 2.45) is 0 Å². The maximum Gasteiger partial charge on any atom is 0.0780 e. The normalized spacial score (nSPS) is 11.3. The first-order chi connectivity index (χ1) is 11.1. The highest BCUT2D eigenvalue weighted by Gasteiger charge is 2.09. The first-order valence-corrected chi connectivity index (χ1v) is 7.98. The van der Waals surface area contributed by atoms with Crippen molar-refractivity contribution in [1.82, 2.24) is 4.98 Å². The van der Waals surface area contributed by atoms with Crippen molar-refractivity contribution in [2.75, 3.05) is 0 Å². The Kier molecular flexibility index (Phi) is 3.16. The van der Waals surface area contributed by atoms with Crippen LogP contribution in [0.1, 0.15) is 16.7 Å². The fraction of sp³-hybridized carbons (Fsp3) is 0.136. The van der Waals surface area contributed by atoms with Crippen molar-refractivity contribution in [3.63, 3.8) is 0 Å². The molecule has 4 rings (SSSR count). The van der Waals surface area contributed by atoms with Crippen LogP contribution in [0.5, 0.6) is 0 Å². The quantitative estimate of drug-likeness (QED) is 0.394. The van der Waals surface area contributed by atoms with E-state index in [4.69, 9.17) is 0 Å². The summed E-state index contributed by atoms with van der Waals surface area (Å²) >= 11 is 0. The largest absolute Gasteiger partial charge is 0.256 e. The number of hydrogen-bond acceptors (Lipinski definition) is 1. The Morgan fingerprint density at radius 3 is 2.13 bits per heavy atom. The highest BCUT2D eigenvalue weighted by Crippen LogP contribution is 2.32. The molecule has 112 valence electrons. The summed E-state index contributed by atoms with van der Waals surface area (Å²) in [4.78, 5) is 4.68. The molecule has 1 nitrogen and oxygen atoms in total. The highest BCUT2D eigenvalue weighted by atomic mass is 14.7. The number of aromatic nitrogens is 1. The Bertz CT molecular complexity index is 1020. The van der Waals surface area contributed by atoms with Crippen LogP contribution in [0, 0.1) is 20.8 Å². The van der Waals surface area contributed by atoms with Crippen molar-refractivity contribution in [3.8, 4) is 11.3 Å². The monoisotopic (exact) mass is 297 g/mol. The van der Waals surface area contributed by atoms with Gasteiger partial charge in [-0.2, -0.15) is 0 Å². The number of aryl methyl sites for hydroxylation is 3. The van der Waals surface area contributed by atoms with E-state index in [2.05, 4.69) is 80.4 Å². The first kappa shape index (κ1) is 14.0. The number of rotatable bonds is 1. The van der Waals surface area contributed by atoms with E-state index < -0.39 is 0 Å². The molecule has 0 fully saturated rings. The third kappa shape index (κ3) is 2.39. The van der Waals surface area contributed by atoms with Gasteiger partial charge in [0.1, 0.15) is 0 Å². The van der Waals surface area contributed by atoms with Crippen LogP contribution in [0.4, 0.5) is 0 Å². The third-order valence-corrected chi connectivity index (χ3v) is 4.41. The molecule has 3 aromatic carbocycles. The van der Waals surface area contributed by atoms with E-state index in [-0.39, 0.29) is 0 Å².